The zero-order valence-corrected chi connectivity index (χ0v) is 16.5. The van der Waals surface area contributed by atoms with Gasteiger partial charge in [-0.1, -0.05) is 41.9 Å². The average Bonchev–Trinajstić information content (AvgIpc) is 2.64. The molecule has 2 aromatic carbocycles. The zero-order valence-electron chi connectivity index (χ0n) is 14.9. The van der Waals surface area contributed by atoms with Crippen molar-refractivity contribution in [2.45, 2.75) is 25.4 Å². The van der Waals surface area contributed by atoms with Crippen LogP contribution in [0.1, 0.15) is 18.4 Å². The van der Waals surface area contributed by atoms with Crippen molar-refractivity contribution in [3.63, 3.8) is 0 Å². The van der Waals surface area contributed by atoms with Crippen molar-refractivity contribution in [1.82, 2.24) is 5.32 Å². The molecule has 26 heavy (non-hydrogen) atoms. The molecule has 0 saturated carbocycles. The maximum atomic E-state index is 6.07. The van der Waals surface area contributed by atoms with Gasteiger partial charge in [0.05, 0.1) is 25.9 Å². The molecular weight excluding hydrogens is 366 g/mol. The van der Waals surface area contributed by atoms with E-state index in [1.807, 2.05) is 12.1 Å². The van der Waals surface area contributed by atoms with Crippen LogP contribution in [-0.2, 0) is 6.54 Å². The van der Waals surface area contributed by atoms with Gasteiger partial charge in [0.15, 0.2) is 5.11 Å². The SMILES string of the molecule is COc1ccc(Cl)cc1NC(=S)NC1CC[NH+](Cc2ccccc2)CC1. The number of piperidine rings is 1. The van der Waals surface area contributed by atoms with Crippen LogP contribution in [0.5, 0.6) is 5.75 Å². The van der Waals surface area contributed by atoms with E-state index in [-0.39, 0.29) is 0 Å². The number of halogens is 1. The number of benzene rings is 2. The Morgan fingerprint density at radius 1 is 1.19 bits per heavy atom. The second kappa shape index (κ2) is 9.21. The van der Waals surface area contributed by atoms with E-state index >= 15 is 0 Å². The largest absolute Gasteiger partial charge is 0.495 e. The summed E-state index contributed by atoms with van der Waals surface area (Å²) >= 11 is 11.5. The molecule has 1 fully saturated rings. The Morgan fingerprint density at radius 3 is 2.62 bits per heavy atom. The molecule has 0 amide bonds. The average molecular weight is 391 g/mol. The van der Waals surface area contributed by atoms with Gasteiger partial charge in [-0.15, -0.1) is 0 Å². The Labute approximate surface area is 165 Å². The van der Waals surface area contributed by atoms with Crippen molar-refractivity contribution in [1.29, 1.82) is 0 Å². The molecule has 1 saturated heterocycles. The van der Waals surface area contributed by atoms with Gasteiger partial charge in [-0.25, -0.2) is 0 Å². The van der Waals surface area contributed by atoms with Gasteiger partial charge >= 0.3 is 0 Å². The summed E-state index contributed by atoms with van der Waals surface area (Å²) in [4.78, 5) is 1.63. The van der Waals surface area contributed by atoms with Gasteiger partial charge in [0.2, 0.25) is 0 Å². The predicted octanol–water partition coefficient (Wildman–Crippen LogP) is 2.88. The van der Waals surface area contributed by atoms with Crippen molar-refractivity contribution in [3.05, 3.63) is 59.1 Å². The van der Waals surface area contributed by atoms with E-state index in [4.69, 9.17) is 28.6 Å². The first-order chi connectivity index (χ1) is 12.6. The third-order valence-corrected chi connectivity index (χ3v) is 5.19. The molecule has 1 heterocycles. The molecule has 3 rings (SSSR count). The minimum Gasteiger partial charge on any atom is -0.495 e. The summed E-state index contributed by atoms with van der Waals surface area (Å²) < 4.78 is 5.35. The number of likely N-dealkylation sites (tertiary alicyclic amines) is 1. The highest BCUT2D eigenvalue weighted by Crippen LogP contribution is 2.27. The molecule has 4 nitrogen and oxygen atoms in total. The van der Waals surface area contributed by atoms with Gasteiger partial charge in [-0.3, -0.25) is 0 Å². The number of thiocarbonyl (C=S) groups is 1. The summed E-state index contributed by atoms with van der Waals surface area (Å²) in [6.45, 7) is 3.39. The van der Waals surface area contributed by atoms with Crippen LogP contribution in [0, 0.1) is 0 Å². The topological polar surface area (TPSA) is 37.7 Å². The first-order valence-electron chi connectivity index (χ1n) is 8.92. The van der Waals surface area contributed by atoms with Crippen LogP contribution in [0.3, 0.4) is 0 Å². The Kier molecular flexibility index (Phi) is 6.72. The van der Waals surface area contributed by atoms with Gasteiger partial charge in [0, 0.05) is 29.5 Å². The summed E-state index contributed by atoms with van der Waals surface area (Å²) in [6.07, 6.45) is 2.22. The van der Waals surface area contributed by atoms with Crippen molar-refractivity contribution in [3.8, 4) is 5.75 Å². The highest BCUT2D eigenvalue weighted by molar-refractivity contribution is 7.80. The normalized spacial score (nSPS) is 19.6. The van der Waals surface area contributed by atoms with Crippen molar-refractivity contribution in [2.24, 2.45) is 0 Å². The standard InChI is InChI=1S/C20H24ClN3OS/c1-25-19-8-7-16(21)13-18(19)23-20(26)22-17-9-11-24(12-10-17)14-15-5-3-2-4-6-15/h2-8,13,17H,9-12,14H2,1H3,(H2,22,23,26)/p+1. The smallest absolute Gasteiger partial charge is 0.171 e. The molecule has 0 bridgehead atoms. The molecule has 0 spiro atoms. The van der Waals surface area contributed by atoms with Crippen LogP contribution < -0.4 is 20.3 Å². The summed E-state index contributed by atoms with van der Waals surface area (Å²) in [5, 5.41) is 7.90. The minimum absolute atomic E-state index is 0.403. The molecule has 0 radical (unpaired) electrons. The molecule has 138 valence electrons. The van der Waals surface area contributed by atoms with E-state index in [9.17, 15) is 0 Å². The van der Waals surface area contributed by atoms with Crippen molar-refractivity contribution >= 4 is 34.6 Å². The first kappa shape index (κ1) is 19.0. The van der Waals surface area contributed by atoms with Gasteiger partial charge in [-0.2, -0.15) is 0 Å². The maximum absolute atomic E-state index is 6.07. The van der Waals surface area contributed by atoms with E-state index in [1.165, 1.54) is 5.56 Å². The Bertz CT molecular complexity index is 733. The number of methoxy groups -OCH3 is 1. The van der Waals surface area contributed by atoms with Crippen LogP contribution in [0.15, 0.2) is 48.5 Å². The van der Waals surface area contributed by atoms with Crippen molar-refractivity contribution in [2.75, 3.05) is 25.5 Å². The molecular formula is C20H25ClN3OS+. The summed E-state index contributed by atoms with van der Waals surface area (Å²) in [5.41, 5.74) is 2.18. The second-order valence-corrected chi connectivity index (χ2v) is 7.47. The van der Waals surface area contributed by atoms with E-state index in [0.717, 1.165) is 43.9 Å². The molecule has 6 heteroatoms. The van der Waals surface area contributed by atoms with E-state index in [0.29, 0.717) is 16.2 Å². The van der Waals surface area contributed by atoms with Gasteiger partial charge < -0.3 is 20.3 Å². The maximum Gasteiger partial charge on any atom is 0.171 e. The lowest BCUT2D eigenvalue weighted by Crippen LogP contribution is -3.12. The third-order valence-electron chi connectivity index (χ3n) is 4.73. The van der Waals surface area contributed by atoms with Gasteiger partial charge in [0.25, 0.3) is 0 Å². The van der Waals surface area contributed by atoms with E-state index < -0.39 is 0 Å². The Balaban J connectivity index is 1.47. The molecule has 2 aromatic rings. The lowest BCUT2D eigenvalue weighted by atomic mass is 10.0. The Hall–Kier alpha value is -1.82. The molecule has 0 aliphatic carbocycles. The van der Waals surface area contributed by atoms with Crippen LogP contribution in [0.4, 0.5) is 5.69 Å². The summed E-state index contributed by atoms with van der Waals surface area (Å²) in [6, 6.07) is 16.5. The molecule has 0 atom stereocenters. The summed E-state index contributed by atoms with van der Waals surface area (Å²) in [7, 11) is 1.64. The number of rotatable bonds is 5. The van der Waals surface area contributed by atoms with E-state index in [1.54, 1.807) is 18.1 Å². The number of nitrogens with one attached hydrogen (secondary N) is 3. The molecule has 1 aliphatic rings. The quantitative estimate of drug-likeness (QED) is 0.686. The minimum atomic E-state index is 0.403. The van der Waals surface area contributed by atoms with Crippen LogP contribution >= 0.6 is 23.8 Å². The lowest BCUT2D eigenvalue weighted by molar-refractivity contribution is -0.918. The van der Waals surface area contributed by atoms with E-state index in [2.05, 4.69) is 41.0 Å². The number of hydrogen-bond donors (Lipinski definition) is 3. The number of ether oxygens (including phenoxy) is 1. The lowest BCUT2D eigenvalue weighted by Gasteiger charge is -2.30. The van der Waals surface area contributed by atoms with Crippen LogP contribution in [0.2, 0.25) is 5.02 Å². The highest BCUT2D eigenvalue weighted by atomic mass is 35.5. The Morgan fingerprint density at radius 2 is 1.92 bits per heavy atom. The van der Waals surface area contributed by atoms with Gasteiger partial charge in [-0.05, 0) is 30.4 Å². The van der Waals surface area contributed by atoms with Crippen molar-refractivity contribution < 1.29 is 9.64 Å². The third kappa shape index (κ3) is 5.34. The zero-order chi connectivity index (χ0) is 18.4. The predicted molar refractivity (Wildman–Crippen MR) is 111 cm³/mol. The fourth-order valence-corrected chi connectivity index (χ4v) is 3.80. The number of hydrogen-bond acceptors (Lipinski definition) is 2. The highest BCUT2D eigenvalue weighted by Gasteiger charge is 2.22. The van der Waals surface area contributed by atoms with Gasteiger partial charge in [0.1, 0.15) is 12.3 Å². The fourth-order valence-electron chi connectivity index (χ4n) is 3.35. The number of anilines is 1. The van der Waals surface area contributed by atoms with Crippen LogP contribution in [-0.4, -0.2) is 31.4 Å². The van der Waals surface area contributed by atoms with Crippen LogP contribution in [0.25, 0.3) is 0 Å². The fraction of sp³-hybridized carbons (Fsp3) is 0.350. The molecule has 0 unspecified atom stereocenters. The molecule has 3 N–H and O–H groups in total. The second-order valence-electron chi connectivity index (χ2n) is 6.63. The molecule has 1 aliphatic heterocycles. The summed E-state index contributed by atoms with van der Waals surface area (Å²) in [5.74, 6) is 0.723. The monoisotopic (exact) mass is 390 g/mol. The first-order valence-corrected chi connectivity index (χ1v) is 9.71. The molecule has 0 aromatic heterocycles. The number of quaternary nitrogens is 1.